The molecule has 10 nitrogen and oxygen atoms in total. The minimum absolute atomic E-state index is 0.0458. The highest BCUT2D eigenvalue weighted by Crippen LogP contribution is 2.69. The maximum atomic E-state index is 15.0. The van der Waals surface area contributed by atoms with Crippen molar-refractivity contribution in [1.29, 1.82) is 0 Å². The van der Waals surface area contributed by atoms with E-state index in [0.29, 0.717) is 23.9 Å². The number of likely N-dealkylation sites (tertiary alicyclic amines) is 1. The second kappa shape index (κ2) is 12.2. The zero-order valence-electron chi connectivity index (χ0n) is 24.7. The van der Waals surface area contributed by atoms with Gasteiger partial charge in [-0.25, -0.2) is 4.68 Å². The first-order valence-electron chi connectivity index (χ1n) is 15.0. The van der Waals surface area contributed by atoms with Crippen LogP contribution in [0, 0.1) is 17.8 Å². The Hall–Kier alpha value is -3.96. The molecule has 1 spiro atoms. The van der Waals surface area contributed by atoms with Crippen molar-refractivity contribution >= 4 is 40.6 Å². The average Bonchev–Trinajstić information content (AvgIpc) is 3.75. The third-order valence-electron chi connectivity index (χ3n) is 9.33. The van der Waals surface area contributed by atoms with Crippen molar-refractivity contribution in [2.75, 3.05) is 19.8 Å². The van der Waals surface area contributed by atoms with E-state index in [4.69, 9.17) is 4.74 Å². The quantitative estimate of drug-likeness (QED) is 0.187. The van der Waals surface area contributed by atoms with Gasteiger partial charge in [0.1, 0.15) is 18.2 Å². The molecule has 3 aliphatic heterocycles. The Morgan fingerprint density at radius 1 is 1.18 bits per heavy atom. The molecule has 2 bridgehead atoms. The smallest absolute Gasteiger partial charge is 0.310 e. The number of carbonyl (C=O) groups excluding carboxylic acids is 3. The van der Waals surface area contributed by atoms with Crippen LogP contribution < -0.4 is 0 Å². The standard InChI is InChI=1S/C33H37N5O5S/c1-4-6-17-43-32(42)27-26-18-21(3)33(44-26)28(27)30(40)38(25(19-39)22-12-8-7-9-13-22)29(33)31(41)36(16-5-2)20-37-24-15-11-10-14-23(24)34-35-37/h4-5,7-15,21,25-29,39H,1-2,6,16-20H2,3H3/t21?,25-,26+,27-,28+,29?,33?/m1/s1. The molecule has 1 N–H and O–H groups in total. The lowest BCUT2D eigenvalue weighted by atomic mass is 9.66. The molecule has 2 amide bonds. The molecular formula is C33H37N5O5S. The van der Waals surface area contributed by atoms with Gasteiger partial charge in [-0.3, -0.25) is 14.4 Å². The van der Waals surface area contributed by atoms with Crippen molar-refractivity contribution in [2.24, 2.45) is 17.8 Å². The van der Waals surface area contributed by atoms with Gasteiger partial charge in [0.2, 0.25) is 11.8 Å². The van der Waals surface area contributed by atoms with Crippen LogP contribution in [0.15, 0.2) is 79.9 Å². The van der Waals surface area contributed by atoms with Crippen LogP contribution >= 0.6 is 11.8 Å². The molecule has 0 radical (unpaired) electrons. The molecule has 3 aliphatic rings. The number of benzene rings is 2. The lowest BCUT2D eigenvalue weighted by molar-refractivity contribution is -0.155. The van der Waals surface area contributed by atoms with E-state index in [1.165, 1.54) is 0 Å². The Morgan fingerprint density at radius 3 is 2.66 bits per heavy atom. The van der Waals surface area contributed by atoms with E-state index in [2.05, 4.69) is 30.4 Å². The minimum atomic E-state index is -0.942. The topological polar surface area (TPSA) is 118 Å². The second-order valence-corrected chi connectivity index (χ2v) is 13.3. The minimum Gasteiger partial charge on any atom is -0.465 e. The van der Waals surface area contributed by atoms with Gasteiger partial charge in [0.15, 0.2) is 0 Å². The molecule has 3 fully saturated rings. The van der Waals surface area contributed by atoms with Gasteiger partial charge >= 0.3 is 5.97 Å². The SMILES string of the molecule is C=CCCOC(=O)[C@@H]1[C@@H]2CC(C)C3(S2)C(C(=O)N(CC=C)Cn2nnc4ccccc42)N([C@H](CO)c2ccccc2)C(=O)[C@H]13. The number of thioether (sulfide) groups is 1. The van der Waals surface area contributed by atoms with E-state index in [1.54, 1.807) is 38.4 Å². The summed E-state index contributed by atoms with van der Waals surface area (Å²) in [6.45, 7) is 9.77. The number of rotatable bonds is 12. The van der Waals surface area contributed by atoms with E-state index in [9.17, 15) is 19.5 Å². The van der Waals surface area contributed by atoms with Gasteiger partial charge in [-0.05, 0) is 36.5 Å². The Morgan fingerprint density at radius 2 is 1.93 bits per heavy atom. The van der Waals surface area contributed by atoms with E-state index >= 15 is 0 Å². The number of aliphatic hydroxyl groups is 1. The van der Waals surface area contributed by atoms with E-state index < -0.39 is 34.6 Å². The first-order valence-corrected chi connectivity index (χ1v) is 15.9. The Bertz CT molecular complexity index is 1580. The van der Waals surface area contributed by atoms with Crippen LogP contribution in [-0.2, 0) is 25.8 Å². The van der Waals surface area contributed by atoms with E-state index in [1.807, 2.05) is 54.6 Å². The van der Waals surface area contributed by atoms with Crippen LogP contribution in [0.2, 0.25) is 0 Å². The predicted molar refractivity (Wildman–Crippen MR) is 167 cm³/mol. The lowest BCUT2D eigenvalue weighted by Crippen LogP contribution is -2.58. The summed E-state index contributed by atoms with van der Waals surface area (Å²) in [6, 6.07) is 15.0. The number of nitrogens with zero attached hydrogens (tertiary/aromatic N) is 5. The molecule has 230 valence electrons. The molecule has 1 aromatic heterocycles. The van der Waals surface area contributed by atoms with Gasteiger partial charge < -0.3 is 19.6 Å². The fourth-order valence-electron chi connectivity index (χ4n) is 7.44. The van der Waals surface area contributed by atoms with Crippen molar-refractivity contribution < 1.29 is 24.2 Å². The number of aliphatic hydroxyl groups excluding tert-OH is 1. The van der Waals surface area contributed by atoms with Crippen LogP contribution in [0.3, 0.4) is 0 Å². The van der Waals surface area contributed by atoms with Gasteiger partial charge in [0.05, 0.1) is 41.4 Å². The predicted octanol–water partition coefficient (Wildman–Crippen LogP) is 3.59. The van der Waals surface area contributed by atoms with Crippen LogP contribution in [0.5, 0.6) is 0 Å². The summed E-state index contributed by atoms with van der Waals surface area (Å²) in [5, 5.41) is 19.2. The molecule has 4 heterocycles. The lowest BCUT2D eigenvalue weighted by Gasteiger charge is -2.42. The summed E-state index contributed by atoms with van der Waals surface area (Å²) in [5.74, 6) is -2.49. The molecule has 0 saturated carbocycles. The van der Waals surface area contributed by atoms with Crippen molar-refractivity contribution in [2.45, 2.75) is 48.5 Å². The van der Waals surface area contributed by atoms with Crippen molar-refractivity contribution in [3.05, 3.63) is 85.5 Å². The maximum absolute atomic E-state index is 15.0. The van der Waals surface area contributed by atoms with Crippen LogP contribution in [0.4, 0.5) is 0 Å². The summed E-state index contributed by atoms with van der Waals surface area (Å²) in [4.78, 5) is 46.4. The monoisotopic (exact) mass is 615 g/mol. The number of fused-ring (bicyclic) bond motifs is 2. The fraction of sp³-hybridized carbons (Fsp3) is 0.424. The fourth-order valence-corrected chi connectivity index (χ4v) is 9.83. The molecule has 0 aliphatic carbocycles. The number of esters is 1. The molecule has 44 heavy (non-hydrogen) atoms. The van der Waals surface area contributed by atoms with Crippen molar-refractivity contribution in [3.63, 3.8) is 0 Å². The summed E-state index contributed by atoms with van der Waals surface area (Å²) in [7, 11) is 0. The maximum Gasteiger partial charge on any atom is 0.310 e. The molecule has 11 heteroatoms. The van der Waals surface area contributed by atoms with Crippen LogP contribution in [0.25, 0.3) is 11.0 Å². The molecule has 3 saturated heterocycles. The van der Waals surface area contributed by atoms with Crippen molar-refractivity contribution in [3.8, 4) is 0 Å². The number of para-hydroxylation sites is 1. The highest BCUT2D eigenvalue weighted by Gasteiger charge is 2.77. The number of aromatic nitrogens is 3. The number of hydrogen-bond acceptors (Lipinski definition) is 8. The molecule has 2 aromatic carbocycles. The van der Waals surface area contributed by atoms with E-state index in [-0.39, 0.29) is 49.4 Å². The largest absolute Gasteiger partial charge is 0.465 e. The van der Waals surface area contributed by atoms with Crippen molar-refractivity contribution in [1.82, 2.24) is 24.8 Å². The first kappa shape index (κ1) is 30.1. The van der Waals surface area contributed by atoms with Gasteiger partial charge in [-0.1, -0.05) is 66.8 Å². The summed E-state index contributed by atoms with van der Waals surface area (Å²) in [6.07, 6.45) is 4.52. The number of ether oxygens (including phenoxy) is 1. The molecule has 6 rings (SSSR count). The number of hydrogen-bond donors (Lipinski definition) is 1. The molecule has 3 unspecified atom stereocenters. The van der Waals surface area contributed by atoms with Crippen LogP contribution in [-0.4, -0.2) is 83.5 Å². The summed E-state index contributed by atoms with van der Waals surface area (Å²) < 4.78 is 6.42. The number of carbonyl (C=O) groups is 3. The number of amides is 2. The molecule has 3 aromatic rings. The highest BCUT2D eigenvalue weighted by molar-refractivity contribution is 8.02. The third-order valence-corrected chi connectivity index (χ3v) is 11.4. The Balaban J connectivity index is 1.44. The highest BCUT2D eigenvalue weighted by atomic mass is 32.2. The zero-order valence-corrected chi connectivity index (χ0v) is 25.5. The third kappa shape index (κ3) is 4.73. The van der Waals surface area contributed by atoms with Gasteiger partial charge in [-0.2, -0.15) is 0 Å². The average molecular weight is 616 g/mol. The van der Waals surface area contributed by atoms with Gasteiger partial charge in [0.25, 0.3) is 0 Å². The normalized spacial score (nSPS) is 27.7. The van der Waals surface area contributed by atoms with Gasteiger partial charge in [-0.15, -0.1) is 30.0 Å². The molecule has 7 atom stereocenters. The Labute approximate surface area is 260 Å². The van der Waals surface area contributed by atoms with E-state index in [0.717, 1.165) is 5.52 Å². The first-order chi connectivity index (χ1) is 21.4. The zero-order chi connectivity index (χ0) is 31.0. The second-order valence-electron chi connectivity index (χ2n) is 11.7. The van der Waals surface area contributed by atoms with Gasteiger partial charge in [0, 0.05) is 11.8 Å². The molecular weight excluding hydrogens is 578 g/mol. The summed E-state index contributed by atoms with van der Waals surface area (Å²) >= 11 is 1.57. The summed E-state index contributed by atoms with van der Waals surface area (Å²) in [5.41, 5.74) is 2.19. The van der Waals surface area contributed by atoms with Crippen LogP contribution in [0.1, 0.15) is 31.4 Å². The Kier molecular flexibility index (Phi) is 8.34.